The van der Waals surface area contributed by atoms with E-state index in [4.69, 9.17) is 4.74 Å². The Hall–Kier alpha value is -3.93. The van der Waals surface area contributed by atoms with Gasteiger partial charge in [0.15, 0.2) is 0 Å². The summed E-state index contributed by atoms with van der Waals surface area (Å²) in [5.74, 6) is -1.96. The molecule has 0 spiro atoms. The molecule has 5 nitrogen and oxygen atoms in total. The third-order valence-corrected chi connectivity index (χ3v) is 6.16. The molecule has 34 heavy (non-hydrogen) atoms. The first-order chi connectivity index (χ1) is 16.2. The van der Waals surface area contributed by atoms with E-state index in [9.17, 15) is 19.1 Å². The van der Waals surface area contributed by atoms with E-state index in [2.05, 4.69) is 0 Å². The zero-order chi connectivity index (χ0) is 24.6. The summed E-state index contributed by atoms with van der Waals surface area (Å²) < 4.78 is 20.6. The second-order valence-electron chi connectivity index (χ2n) is 8.37. The lowest BCUT2D eigenvalue weighted by atomic mass is 9.94. The normalized spacial score (nSPS) is 17.3. The van der Waals surface area contributed by atoms with Gasteiger partial charge < -0.3 is 9.84 Å². The molecular formula is C28H26FNO4. The third kappa shape index (κ3) is 3.96. The molecule has 3 aromatic carbocycles. The second kappa shape index (κ2) is 9.14. The van der Waals surface area contributed by atoms with Crippen LogP contribution in [-0.2, 0) is 9.59 Å². The molecule has 1 amide bonds. The first kappa shape index (κ1) is 23.2. The van der Waals surface area contributed by atoms with Crippen LogP contribution in [0.5, 0.6) is 5.75 Å². The molecule has 1 aliphatic rings. The topological polar surface area (TPSA) is 66.8 Å². The molecule has 1 atom stereocenters. The number of nitrogens with zero attached hydrogens (tertiary/aromatic N) is 1. The SMILES string of the molecule is CCOc1ccc(/C(O)=C2\C(=O)C(=O)N(c3ccc(C)c(C)c3)C2c2ccccc2F)cc1C. The molecule has 1 heterocycles. The van der Waals surface area contributed by atoms with Crippen LogP contribution < -0.4 is 9.64 Å². The number of halogens is 1. The van der Waals surface area contributed by atoms with Gasteiger partial charge in [-0.05, 0) is 80.8 Å². The number of hydrogen-bond acceptors (Lipinski definition) is 4. The standard InChI is InChI=1S/C28H26FNO4/c1-5-34-23-13-11-19(14-18(23)4)26(31)24-25(21-8-6-7-9-22(21)29)30(28(33)27(24)32)20-12-10-16(2)17(3)15-20/h6-15,25,31H,5H2,1-4H3/b26-24+. The Labute approximate surface area is 198 Å². The molecule has 6 heteroatoms. The highest BCUT2D eigenvalue weighted by atomic mass is 19.1. The van der Waals surface area contributed by atoms with E-state index in [1.54, 1.807) is 36.4 Å². The molecule has 1 N–H and O–H groups in total. The Balaban J connectivity index is 1.94. The molecule has 0 saturated carbocycles. The van der Waals surface area contributed by atoms with E-state index >= 15 is 0 Å². The molecule has 174 valence electrons. The monoisotopic (exact) mass is 459 g/mol. The summed E-state index contributed by atoms with van der Waals surface area (Å²) in [7, 11) is 0. The van der Waals surface area contributed by atoms with Crippen LogP contribution in [0.1, 0.15) is 40.8 Å². The van der Waals surface area contributed by atoms with Crippen LogP contribution in [0.3, 0.4) is 0 Å². The van der Waals surface area contributed by atoms with Gasteiger partial charge in [0.05, 0.1) is 18.2 Å². The number of amides is 1. The van der Waals surface area contributed by atoms with E-state index in [1.165, 1.54) is 23.1 Å². The molecule has 4 rings (SSSR count). The molecule has 0 radical (unpaired) electrons. The fourth-order valence-electron chi connectivity index (χ4n) is 4.24. The first-order valence-electron chi connectivity index (χ1n) is 11.1. The highest BCUT2D eigenvalue weighted by molar-refractivity contribution is 6.51. The van der Waals surface area contributed by atoms with Crippen molar-refractivity contribution < 1.29 is 23.8 Å². The predicted molar refractivity (Wildman–Crippen MR) is 129 cm³/mol. The molecule has 1 unspecified atom stereocenters. The van der Waals surface area contributed by atoms with Crippen molar-refractivity contribution in [3.05, 3.63) is 99.9 Å². The van der Waals surface area contributed by atoms with E-state index < -0.39 is 23.5 Å². The lowest BCUT2D eigenvalue weighted by molar-refractivity contribution is -0.132. The summed E-state index contributed by atoms with van der Waals surface area (Å²) in [6.07, 6.45) is 0. The Morgan fingerprint density at radius 3 is 2.35 bits per heavy atom. The minimum Gasteiger partial charge on any atom is -0.507 e. The summed E-state index contributed by atoms with van der Waals surface area (Å²) in [5, 5.41) is 11.3. The number of aryl methyl sites for hydroxylation is 3. The number of aliphatic hydroxyl groups excluding tert-OH is 1. The average molecular weight is 460 g/mol. The van der Waals surface area contributed by atoms with Crippen molar-refractivity contribution in [2.24, 2.45) is 0 Å². The lowest BCUT2D eigenvalue weighted by Crippen LogP contribution is -2.30. The van der Waals surface area contributed by atoms with Crippen molar-refractivity contribution in [3.63, 3.8) is 0 Å². The zero-order valence-electron chi connectivity index (χ0n) is 19.6. The predicted octanol–water partition coefficient (Wildman–Crippen LogP) is 5.78. The Morgan fingerprint density at radius 1 is 0.971 bits per heavy atom. The lowest BCUT2D eigenvalue weighted by Gasteiger charge is -2.26. The Morgan fingerprint density at radius 2 is 1.71 bits per heavy atom. The van der Waals surface area contributed by atoms with Gasteiger partial charge in [-0.1, -0.05) is 24.3 Å². The van der Waals surface area contributed by atoms with Gasteiger partial charge in [-0.2, -0.15) is 0 Å². The van der Waals surface area contributed by atoms with Gasteiger partial charge in [-0.3, -0.25) is 14.5 Å². The van der Waals surface area contributed by atoms with Crippen LogP contribution in [0, 0.1) is 26.6 Å². The number of hydrogen-bond donors (Lipinski definition) is 1. The van der Waals surface area contributed by atoms with E-state index in [0.717, 1.165) is 16.7 Å². The minimum absolute atomic E-state index is 0.129. The first-order valence-corrected chi connectivity index (χ1v) is 11.1. The number of anilines is 1. The number of carbonyl (C=O) groups is 2. The Kier molecular flexibility index (Phi) is 6.24. The summed E-state index contributed by atoms with van der Waals surface area (Å²) >= 11 is 0. The van der Waals surface area contributed by atoms with Gasteiger partial charge in [0.25, 0.3) is 11.7 Å². The van der Waals surface area contributed by atoms with Crippen LogP contribution in [0.25, 0.3) is 5.76 Å². The highest BCUT2D eigenvalue weighted by Crippen LogP contribution is 2.43. The fraction of sp³-hybridized carbons (Fsp3) is 0.214. The van der Waals surface area contributed by atoms with Gasteiger partial charge in [0.2, 0.25) is 0 Å². The third-order valence-electron chi connectivity index (χ3n) is 6.16. The summed E-state index contributed by atoms with van der Waals surface area (Å²) in [6, 6.07) is 15.2. The highest BCUT2D eigenvalue weighted by Gasteiger charge is 2.47. The molecule has 0 aromatic heterocycles. The molecule has 0 aliphatic carbocycles. The molecule has 1 saturated heterocycles. The maximum Gasteiger partial charge on any atom is 0.300 e. The number of Topliss-reactive ketones (excluding diaryl/α,β-unsaturated/α-hetero) is 1. The quantitative estimate of drug-likeness (QED) is 0.299. The van der Waals surface area contributed by atoms with Crippen molar-refractivity contribution in [3.8, 4) is 5.75 Å². The second-order valence-corrected chi connectivity index (χ2v) is 8.37. The average Bonchev–Trinajstić information content (AvgIpc) is 3.07. The number of benzene rings is 3. The van der Waals surface area contributed by atoms with Crippen LogP contribution in [-0.4, -0.2) is 23.4 Å². The Bertz CT molecular complexity index is 1330. The van der Waals surface area contributed by atoms with Crippen LogP contribution >= 0.6 is 0 Å². The van der Waals surface area contributed by atoms with Crippen LogP contribution in [0.15, 0.2) is 66.2 Å². The van der Waals surface area contributed by atoms with Crippen LogP contribution in [0.4, 0.5) is 10.1 Å². The van der Waals surface area contributed by atoms with Gasteiger partial charge in [-0.25, -0.2) is 4.39 Å². The van der Waals surface area contributed by atoms with Crippen molar-refractivity contribution in [1.82, 2.24) is 0 Å². The molecule has 3 aromatic rings. The number of aliphatic hydroxyl groups is 1. The van der Waals surface area contributed by atoms with E-state index in [0.29, 0.717) is 23.6 Å². The molecule has 1 aliphatic heterocycles. The van der Waals surface area contributed by atoms with E-state index in [-0.39, 0.29) is 16.9 Å². The number of carbonyl (C=O) groups excluding carboxylic acids is 2. The zero-order valence-corrected chi connectivity index (χ0v) is 19.6. The number of ketones is 1. The minimum atomic E-state index is -1.12. The van der Waals surface area contributed by atoms with Crippen molar-refractivity contribution in [2.75, 3.05) is 11.5 Å². The fourth-order valence-corrected chi connectivity index (χ4v) is 4.24. The number of ether oxygens (including phenoxy) is 1. The van der Waals surface area contributed by atoms with E-state index in [1.807, 2.05) is 33.8 Å². The van der Waals surface area contributed by atoms with Crippen molar-refractivity contribution in [1.29, 1.82) is 0 Å². The summed E-state index contributed by atoms with van der Waals surface area (Å²) in [4.78, 5) is 27.8. The van der Waals surface area contributed by atoms with Crippen molar-refractivity contribution in [2.45, 2.75) is 33.7 Å². The van der Waals surface area contributed by atoms with Gasteiger partial charge in [0.1, 0.15) is 17.3 Å². The van der Waals surface area contributed by atoms with Gasteiger partial charge in [-0.15, -0.1) is 0 Å². The van der Waals surface area contributed by atoms with Gasteiger partial charge in [0, 0.05) is 16.8 Å². The molecule has 1 fully saturated rings. The largest absolute Gasteiger partial charge is 0.507 e. The number of rotatable bonds is 5. The van der Waals surface area contributed by atoms with Crippen LogP contribution in [0.2, 0.25) is 0 Å². The summed E-state index contributed by atoms with van der Waals surface area (Å²) in [5.41, 5.74) is 3.49. The van der Waals surface area contributed by atoms with Gasteiger partial charge >= 0.3 is 0 Å². The maximum absolute atomic E-state index is 15.0. The molecule has 0 bridgehead atoms. The smallest absolute Gasteiger partial charge is 0.300 e. The summed E-state index contributed by atoms with van der Waals surface area (Å²) in [6.45, 7) is 8.02. The maximum atomic E-state index is 15.0. The van der Waals surface area contributed by atoms with Crippen molar-refractivity contribution >= 4 is 23.1 Å². The molecular weight excluding hydrogens is 433 g/mol.